The summed E-state index contributed by atoms with van der Waals surface area (Å²) in [5, 5.41) is 0. The monoisotopic (exact) mass is 306 g/mol. The minimum Gasteiger partial charge on any atom is -0.490 e. The number of ether oxygens (including phenoxy) is 2. The van der Waals surface area contributed by atoms with Crippen LogP contribution in [0.3, 0.4) is 0 Å². The molecule has 0 aromatic heterocycles. The standard InChI is InChI=1S/C14H22N6O2/c15-13(16)19-14(17)18-11-3-1-2-4-12(11)22-10-7-20-5-8-21-9-6-20/h1-4H,5-10H2,(H6,15,16,17,18,19). The highest BCUT2D eigenvalue weighted by Crippen LogP contribution is 2.26. The van der Waals surface area contributed by atoms with Crippen LogP contribution in [0.2, 0.25) is 0 Å². The smallest absolute Gasteiger partial charge is 0.223 e. The Hall–Kier alpha value is -2.32. The van der Waals surface area contributed by atoms with Crippen molar-refractivity contribution in [2.75, 3.05) is 39.5 Å². The molecule has 0 amide bonds. The Bertz CT molecular complexity index is 536. The Morgan fingerprint density at radius 3 is 2.64 bits per heavy atom. The number of rotatable bonds is 5. The lowest BCUT2D eigenvalue weighted by Gasteiger charge is -2.26. The maximum absolute atomic E-state index is 5.79. The predicted octanol–water partition coefficient (Wildman–Crippen LogP) is -0.383. The van der Waals surface area contributed by atoms with Gasteiger partial charge in [-0.05, 0) is 12.1 Å². The number of nitrogens with zero attached hydrogens (tertiary/aromatic N) is 3. The zero-order valence-corrected chi connectivity index (χ0v) is 12.4. The number of aliphatic imine (C=N–C) groups is 2. The van der Waals surface area contributed by atoms with Gasteiger partial charge in [0.25, 0.3) is 0 Å². The molecule has 120 valence electrons. The van der Waals surface area contributed by atoms with Crippen LogP contribution in [0.25, 0.3) is 0 Å². The van der Waals surface area contributed by atoms with Gasteiger partial charge in [-0.2, -0.15) is 4.99 Å². The topological polar surface area (TPSA) is 124 Å². The molecule has 1 aromatic carbocycles. The molecule has 0 atom stereocenters. The summed E-state index contributed by atoms with van der Waals surface area (Å²) in [6.45, 7) is 4.81. The molecule has 8 nitrogen and oxygen atoms in total. The Morgan fingerprint density at radius 1 is 1.18 bits per heavy atom. The lowest BCUT2D eigenvalue weighted by Crippen LogP contribution is -2.38. The van der Waals surface area contributed by atoms with Crippen LogP contribution in [0.4, 0.5) is 5.69 Å². The Labute approximate surface area is 129 Å². The minimum absolute atomic E-state index is 0.00997. The first kappa shape index (κ1) is 16.1. The fraction of sp³-hybridized carbons (Fsp3) is 0.429. The zero-order chi connectivity index (χ0) is 15.8. The van der Waals surface area contributed by atoms with Gasteiger partial charge >= 0.3 is 0 Å². The van der Waals surface area contributed by atoms with Crippen LogP contribution in [0.1, 0.15) is 0 Å². The molecule has 0 unspecified atom stereocenters. The van der Waals surface area contributed by atoms with E-state index >= 15 is 0 Å². The summed E-state index contributed by atoms with van der Waals surface area (Å²) in [5.41, 5.74) is 16.8. The summed E-state index contributed by atoms with van der Waals surface area (Å²) in [5.74, 6) is 0.501. The Balaban J connectivity index is 1.94. The first-order chi connectivity index (χ1) is 10.6. The van der Waals surface area contributed by atoms with Crippen molar-refractivity contribution < 1.29 is 9.47 Å². The molecule has 0 saturated carbocycles. The summed E-state index contributed by atoms with van der Waals surface area (Å²) in [6, 6.07) is 7.34. The highest BCUT2D eigenvalue weighted by molar-refractivity contribution is 5.93. The van der Waals surface area contributed by atoms with Gasteiger partial charge in [-0.25, -0.2) is 4.99 Å². The van der Waals surface area contributed by atoms with Gasteiger partial charge in [-0.15, -0.1) is 0 Å². The van der Waals surface area contributed by atoms with Crippen LogP contribution in [0, 0.1) is 0 Å². The Morgan fingerprint density at radius 2 is 1.91 bits per heavy atom. The normalized spacial score (nSPS) is 16.3. The Kier molecular flexibility index (Phi) is 5.99. The number of hydrogen-bond acceptors (Lipinski definition) is 4. The third kappa shape index (κ3) is 5.23. The SMILES string of the molecule is NC(N)=NC(N)=Nc1ccccc1OCCN1CCOCC1. The third-order valence-corrected chi connectivity index (χ3v) is 3.11. The van der Waals surface area contributed by atoms with E-state index in [9.17, 15) is 0 Å². The highest BCUT2D eigenvalue weighted by atomic mass is 16.5. The van der Waals surface area contributed by atoms with E-state index in [1.54, 1.807) is 6.07 Å². The van der Waals surface area contributed by atoms with Crippen molar-refractivity contribution in [1.82, 2.24) is 4.90 Å². The van der Waals surface area contributed by atoms with Crippen LogP contribution in [0.5, 0.6) is 5.75 Å². The van der Waals surface area contributed by atoms with Crippen LogP contribution in [0.15, 0.2) is 34.3 Å². The summed E-state index contributed by atoms with van der Waals surface area (Å²) < 4.78 is 11.1. The number of para-hydroxylation sites is 2. The molecule has 1 heterocycles. The number of guanidine groups is 2. The maximum Gasteiger partial charge on any atom is 0.223 e. The minimum atomic E-state index is -0.132. The van der Waals surface area contributed by atoms with Gasteiger partial charge in [-0.3, -0.25) is 4.90 Å². The highest BCUT2D eigenvalue weighted by Gasteiger charge is 2.10. The fourth-order valence-corrected chi connectivity index (χ4v) is 2.06. The molecule has 0 aliphatic carbocycles. The lowest BCUT2D eigenvalue weighted by atomic mass is 10.3. The zero-order valence-electron chi connectivity index (χ0n) is 12.4. The van der Waals surface area contributed by atoms with E-state index in [1.807, 2.05) is 18.2 Å². The molecule has 1 aliphatic rings. The van der Waals surface area contributed by atoms with Crippen molar-refractivity contribution in [3.63, 3.8) is 0 Å². The molecule has 1 saturated heterocycles. The second-order valence-electron chi connectivity index (χ2n) is 4.78. The molecule has 1 aromatic rings. The van der Waals surface area contributed by atoms with Gasteiger partial charge in [-0.1, -0.05) is 12.1 Å². The fourth-order valence-electron chi connectivity index (χ4n) is 2.06. The van der Waals surface area contributed by atoms with Gasteiger partial charge in [0.1, 0.15) is 18.0 Å². The molecular weight excluding hydrogens is 284 g/mol. The average molecular weight is 306 g/mol. The molecule has 0 spiro atoms. The maximum atomic E-state index is 5.79. The van der Waals surface area contributed by atoms with Gasteiger partial charge in [0.15, 0.2) is 5.96 Å². The van der Waals surface area contributed by atoms with Crippen LogP contribution >= 0.6 is 0 Å². The molecule has 1 aliphatic heterocycles. The average Bonchev–Trinajstić information content (AvgIpc) is 2.49. The summed E-state index contributed by atoms with van der Waals surface area (Å²) >= 11 is 0. The first-order valence-electron chi connectivity index (χ1n) is 7.11. The molecule has 2 rings (SSSR count). The van der Waals surface area contributed by atoms with E-state index in [-0.39, 0.29) is 11.9 Å². The largest absolute Gasteiger partial charge is 0.490 e. The van der Waals surface area contributed by atoms with E-state index in [0.717, 1.165) is 32.8 Å². The number of benzene rings is 1. The van der Waals surface area contributed by atoms with E-state index < -0.39 is 0 Å². The van der Waals surface area contributed by atoms with Gasteiger partial charge < -0.3 is 26.7 Å². The predicted molar refractivity (Wildman–Crippen MR) is 86.3 cm³/mol. The molecule has 1 fully saturated rings. The second-order valence-corrected chi connectivity index (χ2v) is 4.78. The molecular formula is C14H22N6O2. The van der Waals surface area contributed by atoms with Crippen molar-refractivity contribution in [3.8, 4) is 5.75 Å². The molecule has 22 heavy (non-hydrogen) atoms. The van der Waals surface area contributed by atoms with Crippen molar-refractivity contribution >= 4 is 17.6 Å². The van der Waals surface area contributed by atoms with Crippen LogP contribution < -0.4 is 21.9 Å². The third-order valence-electron chi connectivity index (χ3n) is 3.11. The van der Waals surface area contributed by atoms with Crippen molar-refractivity contribution in [2.45, 2.75) is 0 Å². The van der Waals surface area contributed by atoms with Crippen molar-refractivity contribution in [2.24, 2.45) is 27.2 Å². The lowest BCUT2D eigenvalue weighted by molar-refractivity contribution is 0.0323. The van der Waals surface area contributed by atoms with Gasteiger partial charge in [0, 0.05) is 19.6 Å². The van der Waals surface area contributed by atoms with Crippen LogP contribution in [-0.4, -0.2) is 56.3 Å². The number of morpholine rings is 1. The molecule has 6 N–H and O–H groups in total. The van der Waals surface area contributed by atoms with E-state index in [4.69, 9.17) is 26.7 Å². The summed E-state index contributed by atoms with van der Waals surface area (Å²) in [7, 11) is 0. The molecule has 8 heteroatoms. The van der Waals surface area contributed by atoms with Crippen molar-refractivity contribution in [3.05, 3.63) is 24.3 Å². The van der Waals surface area contributed by atoms with Gasteiger partial charge in [0.2, 0.25) is 5.96 Å². The molecule has 0 bridgehead atoms. The van der Waals surface area contributed by atoms with Gasteiger partial charge in [0.05, 0.1) is 13.2 Å². The first-order valence-corrected chi connectivity index (χ1v) is 7.11. The second kappa shape index (κ2) is 8.20. The number of hydrogen-bond donors (Lipinski definition) is 3. The van der Waals surface area contributed by atoms with Crippen molar-refractivity contribution in [1.29, 1.82) is 0 Å². The van der Waals surface area contributed by atoms with Crippen LogP contribution in [-0.2, 0) is 4.74 Å². The van der Waals surface area contributed by atoms with E-state index in [0.29, 0.717) is 18.0 Å². The summed E-state index contributed by atoms with van der Waals surface area (Å²) in [6.07, 6.45) is 0. The number of nitrogens with two attached hydrogens (primary N) is 3. The van der Waals surface area contributed by atoms with E-state index in [2.05, 4.69) is 14.9 Å². The molecule has 0 radical (unpaired) electrons. The quantitative estimate of drug-likeness (QED) is 0.503. The van der Waals surface area contributed by atoms with E-state index in [1.165, 1.54) is 0 Å². The summed E-state index contributed by atoms with van der Waals surface area (Å²) in [4.78, 5) is 10.1.